The monoisotopic (exact) mass is 272 g/mol. The summed E-state index contributed by atoms with van der Waals surface area (Å²) in [6.45, 7) is 1.92. The third-order valence-electron chi connectivity index (χ3n) is 3.51. The molecule has 2 nitrogen and oxygen atoms in total. The van der Waals surface area contributed by atoms with Gasteiger partial charge in [0, 0.05) is 22.9 Å². The van der Waals surface area contributed by atoms with Gasteiger partial charge in [-0.2, -0.15) is 0 Å². The van der Waals surface area contributed by atoms with Gasteiger partial charge in [0.2, 0.25) is 0 Å². The molecule has 0 fully saturated rings. The second-order valence-electron chi connectivity index (χ2n) is 4.84. The lowest BCUT2D eigenvalue weighted by Gasteiger charge is -2.31. The largest absolute Gasteiger partial charge is 0.368 e. The van der Waals surface area contributed by atoms with Gasteiger partial charge in [-0.25, -0.2) is 0 Å². The zero-order valence-corrected chi connectivity index (χ0v) is 11.5. The van der Waals surface area contributed by atoms with Crippen LogP contribution in [0.1, 0.15) is 12.0 Å². The highest BCUT2D eigenvalue weighted by Gasteiger charge is 2.15. The van der Waals surface area contributed by atoms with E-state index in [9.17, 15) is 0 Å². The molecule has 0 atom stereocenters. The Morgan fingerprint density at radius 2 is 2.00 bits per heavy atom. The van der Waals surface area contributed by atoms with Gasteiger partial charge < -0.3 is 10.2 Å². The van der Waals surface area contributed by atoms with Crippen molar-refractivity contribution in [1.82, 2.24) is 0 Å². The summed E-state index contributed by atoms with van der Waals surface area (Å²) in [5.74, 6) is 0. The van der Waals surface area contributed by atoms with Gasteiger partial charge in [0.05, 0.1) is 6.67 Å². The second-order valence-corrected chi connectivity index (χ2v) is 5.28. The minimum atomic E-state index is 0.768. The summed E-state index contributed by atoms with van der Waals surface area (Å²) in [4.78, 5) is 2.39. The van der Waals surface area contributed by atoms with Crippen molar-refractivity contribution in [3.63, 3.8) is 0 Å². The number of rotatable bonds is 3. The Labute approximate surface area is 119 Å². The van der Waals surface area contributed by atoms with E-state index in [2.05, 4.69) is 34.5 Å². The maximum atomic E-state index is 5.99. The van der Waals surface area contributed by atoms with Gasteiger partial charge in [0.25, 0.3) is 0 Å². The molecule has 0 aromatic heterocycles. The molecule has 0 saturated carbocycles. The van der Waals surface area contributed by atoms with Gasteiger partial charge in [-0.05, 0) is 42.7 Å². The van der Waals surface area contributed by atoms with Crippen molar-refractivity contribution >= 4 is 23.0 Å². The van der Waals surface area contributed by atoms with Crippen molar-refractivity contribution in [2.75, 3.05) is 23.4 Å². The minimum absolute atomic E-state index is 0.768. The summed E-state index contributed by atoms with van der Waals surface area (Å²) in [6.07, 6.45) is 2.40. The Morgan fingerprint density at radius 1 is 1.11 bits per heavy atom. The van der Waals surface area contributed by atoms with Crippen LogP contribution in [0.15, 0.2) is 48.5 Å². The van der Waals surface area contributed by atoms with Crippen molar-refractivity contribution in [2.45, 2.75) is 12.8 Å². The van der Waals surface area contributed by atoms with Crippen LogP contribution in [0.5, 0.6) is 0 Å². The normalized spacial score (nSPS) is 14.1. The van der Waals surface area contributed by atoms with Crippen molar-refractivity contribution in [3.8, 4) is 0 Å². The summed E-state index contributed by atoms with van der Waals surface area (Å²) in [5, 5.41) is 4.21. The van der Waals surface area contributed by atoms with Gasteiger partial charge >= 0.3 is 0 Å². The van der Waals surface area contributed by atoms with Crippen LogP contribution in [0.3, 0.4) is 0 Å². The van der Waals surface area contributed by atoms with Crippen LogP contribution in [0.2, 0.25) is 5.02 Å². The molecule has 0 radical (unpaired) electrons. The van der Waals surface area contributed by atoms with E-state index in [0.29, 0.717) is 0 Å². The number of aryl methyl sites for hydroxylation is 1. The molecule has 1 aliphatic rings. The first-order valence-corrected chi connectivity index (χ1v) is 7.03. The molecule has 1 N–H and O–H groups in total. The lowest BCUT2D eigenvalue weighted by atomic mass is 10.0. The molecule has 0 spiro atoms. The van der Waals surface area contributed by atoms with E-state index in [4.69, 9.17) is 11.6 Å². The van der Waals surface area contributed by atoms with Crippen LogP contribution < -0.4 is 10.2 Å². The zero-order chi connectivity index (χ0) is 13.1. The average Bonchev–Trinajstić information content (AvgIpc) is 2.45. The Bertz CT molecular complexity index is 568. The summed E-state index contributed by atoms with van der Waals surface area (Å²) < 4.78 is 0. The van der Waals surface area contributed by atoms with E-state index in [0.717, 1.165) is 23.9 Å². The van der Waals surface area contributed by atoms with E-state index >= 15 is 0 Å². The van der Waals surface area contributed by atoms with Gasteiger partial charge in [0.1, 0.15) is 0 Å². The third-order valence-corrected chi connectivity index (χ3v) is 3.74. The quantitative estimate of drug-likeness (QED) is 0.902. The van der Waals surface area contributed by atoms with Gasteiger partial charge in [-0.15, -0.1) is 0 Å². The molecule has 3 heteroatoms. The number of nitrogens with zero attached hydrogens (tertiary/aromatic N) is 1. The van der Waals surface area contributed by atoms with Crippen molar-refractivity contribution in [2.24, 2.45) is 0 Å². The summed E-state index contributed by atoms with van der Waals surface area (Å²) in [5.41, 5.74) is 3.86. The minimum Gasteiger partial charge on any atom is -0.368 e. The molecule has 3 rings (SSSR count). The smallest absolute Gasteiger partial charge is 0.0876 e. The van der Waals surface area contributed by atoms with Gasteiger partial charge in [-0.3, -0.25) is 0 Å². The van der Waals surface area contributed by atoms with E-state index in [1.165, 1.54) is 24.1 Å². The number of anilines is 2. The molecule has 0 unspecified atom stereocenters. The summed E-state index contributed by atoms with van der Waals surface area (Å²) in [6, 6.07) is 16.5. The lowest BCUT2D eigenvalue weighted by molar-refractivity contribution is 0.711. The predicted molar refractivity (Wildman–Crippen MR) is 82.1 cm³/mol. The van der Waals surface area contributed by atoms with Gasteiger partial charge in [-0.1, -0.05) is 35.9 Å². The molecule has 0 saturated heterocycles. The maximum Gasteiger partial charge on any atom is 0.0876 e. The van der Waals surface area contributed by atoms with Gasteiger partial charge in [0.15, 0.2) is 0 Å². The van der Waals surface area contributed by atoms with Crippen molar-refractivity contribution in [3.05, 3.63) is 59.1 Å². The SMILES string of the molecule is Clc1cccc(NCN2CCCc3ccccc32)c1. The molecule has 1 heterocycles. The number of nitrogens with one attached hydrogen (secondary N) is 1. The molecule has 0 amide bonds. The molecule has 2 aromatic carbocycles. The number of hydrogen-bond acceptors (Lipinski definition) is 2. The Balaban J connectivity index is 1.71. The molecule has 0 bridgehead atoms. The Kier molecular flexibility index (Phi) is 3.60. The first-order chi connectivity index (χ1) is 9.33. The average molecular weight is 273 g/mol. The zero-order valence-electron chi connectivity index (χ0n) is 10.8. The van der Waals surface area contributed by atoms with E-state index < -0.39 is 0 Å². The molecular formula is C16H17ClN2. The molecule has 98 valence electrons. The molecule has 2 aromatic rings. The molecule has 19 heavy (non-hydrogen) atoms. The second kappa shape index (κ2) is 5.54. The number of halogens is 1. The molecule has 0 aliphatic carbocycles. The topological polar surface area (TPSA) is 15.3 Å². The van der Waals surface area contributed by atoms with Crippen LogP contribution in [0.25, 0.3) is 0 Å². The lowest BCUT2D eigenvalue weighted by Crippen LogP contribution is -2.33. The summed E-state index contributed by atoms with van der Waals surface area (Å²) >= 11 is 5.99. The number of benzene rings is 2. The first-order valence-electron chi connectivity index (χ1n) is 6.65. The third kappa shape index (κ3) is 2.85. The van der Waals surface area contributed by atoms with Crippen LogP contribution in [-0.4, -0.2) is 13.2 Å². The van der Waals surface area contributed by atoms with Crippen molar-refractivity contribution < 1.29 is 0 Å². The van der Waals surface area contributed by atoms with Crippen LogP contribution in [-0.2, 0) is 6.42 Å². The highest BCUT2D eigenvalue weighted by molar-refractivity contribution is 6.30. The van der Waals surface area contributed by atoms with Crippen LogP contribution >= 0.6 is 11.6 Å². The van der Waals surface area contributed by atoms with E-state index in [1.807, 2.05) is 24.3 Å². The fourth-order valence-electron chi connectivity index (χ4n) is 2.56. The first kappa shape index (κ1) is 12.4. The Morgan fingerprint density at radius 3 is 2.89 bits per heavy atom. The Hall–Kier alpha value is -1.67. The number of para-hydroxylation sites is 1. The molecular weight excluding hydrogens is 256 g/mol. The fraction of sp³-hybridized carbons (Fsp3) is 0.250. The highest BCUT2D eigenvalue weighted by Crippen LogP contribution is 2.26. The van der Waals surface area contributed by atoms with Crippen molar-refractivity contribution in [1.29, 1.82) is 0 Å². The standard InChI is InChI=1S/C16H17ClN2/c17-14-7-3-8-15(11-14)18-12-19-10-4-6-13-5-1-2-9-16(13)19/h1-3,5,7-9,11,18H,4,6,10,12H2. The summed E-state index contributed by atoms with van der Waals surface area (Å²) in [7, 11) is 0. The maximum absolute atomic E-state index is 5.99. The van der Waals surface area contributed by atoms with Crippen LogP contribution in [0.4, 0.5) is 11.4 Å². The van der Waals surface area contributed by atoms with E-state index in [-0.39, 0.29) is 0 Å². The fourth-order valence-corrected chi connectivity index (χ4v) is 2.75. The number of hydrogen-bond donors (Lipinski definition) is 1. The predicted octanol–water partition coefficient (Wildman–Crippen LogP) is 4.16. The molecule has 1 aliphatic heterocycles. The van der Waals surface area contributed by atoms with E-state index in [1.54, 1.807) is 0 Å². The van der Waals surface area contributed by atoms with Crippen LogP contribution in [0, 0.1) is 0 Å². The highest BCUT2D eigenvalue weighted by atomic mass is 35.5. The number of fused-ring (bicyclic) bond motifs is 1.